The van der Waals surface area contributed by atoms with Crippen LogP contribution in [-0.4, -0.2) is 44.6 Å². The molecule has 0 aliphatic carbocycles. The van der Waals surface area contributed by atoms with Crippen molar-refractivity contribution in [3.8, 4) is 5.75 Å². The van der Waals surface area contributed by atoms with Crippen LogP contribution in [0.3, 0.4) is 0 Å². The minimum atomic E-state index is -0.272. The van der Waals surface area contributed by atoms with Gasteiger partial charge in [0.1, 0.15) is 5.75 Å². The number of halogens is 1. The first-order valence-electron chi connectivity index (χ1n) is 8.13. The number of carbonyl (C=O) groups excluding carboxylic acids is 2. The van der Waals surface area contributed by atoms with Gasteiger partial charge in [0.05, 0.1) is 13.0 Å². The highest BCUT2D eigenvalue weighted by Gasteiger charge is 2.35. The van der Waals surface area contributed by atoms with Crippen LogP contribution < -0.4 is 20.3 Å². The Morgan fingerprint density at radius 1 is 1.38 bits per heavy atom. The van der Waals surface area contributed by atoms with Gasteiger partial charge in [0.2, 0.25) is 11.8 Å². The van der Waals surface area contributed by atoms with Gasteiger partial charge in [-0.25, -0.2) is 0 Å². The van der Waals surface area contributed by atoms with Crippen LogP contribution in [0.4, 0.5) is 5.69 Å². The standard InChI is InChI=1S/C17H23N3O3.ClH/c1-23-15-6-4-14(5-7-15)20-11-12(9-16(20)21)17(22)19-10-13-3-2-8-18-13;/h4-7,12-13,18H,2-3,8-11H2,1H3,(H,19,22);1H. The predicted molar refractivity (Wildman–Crippen MR) is 94.7 cm³/mol. The fraction of sp³-hybridized carbons (Fsp3) is 0.529. The maximum absolute atomic E-state index is 12.3. The van der Waals surface area contributed by atoms with Gasteiger partial charge in [0.15, 0.2) is 0 Å². The molecule has 6 nitrogen and oxygen atoms in total. The van der Waals surface area contributed by atoms with E-state index in [1.54, 1.807) is 12.0 Å². The van der Waals surface area contributed by atoms with E-state index >= 15 is 0 Å². The van der Waals surface area contributed by atoms with Gasteiger partial charge in [-0.2, -0.15) is 0 Å². The van der Waals surface area contributed by atoms with E-state index in [4.69, 9.17) is 4.74 Å². The van der Waals surface area contributed by atoms with Gasteiger partial charge < -0.3 is 20.3 Å². The van der Waals surface area contributed by atoms with E-state index in [0.29, 0.717) is 19.1 Å². The van der Waals surface area contributed by atoms with Crippen LogP contribution in [0.15, 0.2) is 24.3 Å². The Morgan fingerprint density at radius 3 is 2.75 bits per heavy atom. The second-order valence-electron chi connectivity index (χ2n) is 6.14. The monoisotopic (exact) mass is 353 g/mol. The van der Waals surface area contributed by atoms with Crippen molar-refractivity contribution in [1.82, 2.24) is 10.6 Å². The van der Waals surface area contributed by atoms with Gasteiger partial charge in [0.25, 0.3) is 0 Å². The van der Waals surface area contributed by atoms with Gasteiger partial charge in [-0.15, -0.1) is 12.4 Å². The third-order valence-electron chi connectivity index (χ3n) is 4.56. The maximum Gasteiger partial charge on any atom is 0.227 e. The van der Waals surface area contributed by atoms with Crippen LogP contribution in [0.1, 0.15) is 19.3 Å². The van der Waals surface area contributed by atoms with Crippen molar-refractivity contribution in [3.63, 3.8) is 0 Å². The molecule has 0 saturated carbocycles. The number of ether oxygens (including phenoxy) is 1. The molecule has 1 aromatic carbocycles. The van der Waals surface area contributed by atoms with Crippen LogP contribution in [-0.2, 0) is 9.59 Å². The SMILES string of the molecule is COc1ccc(N2CC(C(=O)NCC3CCCN3)CC2=O)cc1.Cl. The van der Waals surface area contributed by atoms with Crippen molar-refractivity contribution >= 4 is 29.9 Å². The number of hydrogen-bond acceptors (Lipinski definition) is 4. The summed E-state index contributed by atoms with van der Waals surface area (Å²) in [6.45, 7) is 2.11. The average Bonchev–Trinajstić information content (AvgIpc) is 3.22. The fourth-order valence-corrected chi connectivity index (χ4v) is 3.19. The van der Waals surface area contributed by atoms with Gasteiger partial charge in [-0.1, -0.05) is 0 Å². The highest BCUT2D eigenvalue weighted by molar-refractivity contribution is 6.00. The van der Waals surface area contributed by atoms with Gasteiger partial charge in [0, 0.05) is 31.2 Å². The maximum atomic E-state index is 12.3. The summed E-state index contributed by atoms with van der Waals surface area (Å²) in [6.07, 6.45) is 2.53. The van der Waals surface area contributed by atoms with Crippen molar-refractivity contribution in [2.45, 2.75) is 25.3 Å². The number of methoxy groups -OCH3 is 1. The van der Waals surface area contributed by atoms with E-state index < -0.39 is 0 Å². The molecule has 0 radical (unpaired) electrons. The lowest BCUT2D eigenvalue weighted by Crippen LogP contribution is -2.40. The number of benzene rings is 1. The first kappa shape index (κ1) is 18.5. The molecule has 2 N–H and O–H groups in total. The zero-order valence-corrected chi connectivity index (χ0v) is 14.6. The minimum absolute atomic E-state index is 0. The molecule has 3 rings (SSSR count). The van der Waals surface area contributed by atoms with Crippen LogP contribution in [0.5, 0.6) is 5.75 Å². The average molecular weight is 354 g/mol. The molecular formula is C17H24ClN3O3. The predicted octanol–water partition coefficient (Wildman–Crippen LogP) is 1.34. The summed E-state index contributed by atoms with van der Waals surface area (Å²) in [4.78, 5) is 26.2. The lowest BCUT2D eigenvalue weighted by molar-refractivity contribution is -0.126. The molecule has 132 valence electrons. The van der Waals surface area contributed by atoms with E-state index in [1.165, 1.54) is 0 Å². The minimum Gasteiger partial charge on any atom is -0.497 e. The molecule has 2 aliphatic rings. The van der Waals surface area contributed by atoms with Crippen LogP contribution >= 0.6 is 12.4 Å². The molecule has 0 aromatic heterocycles. The van der Waals surface area contributed by atoms with Gasteiger partial charge >= 0.3 is 0 Å². The van der Waals surface area contributed by atoms with E-state index in [-0.39, 0.29) is 36.6 Å². The molecule has 2 fully saturated rings. The molecule has 0 bridgehead atoms. The summed E-state index contributed by atoms with van der Waals surface area (Å²) >= 11 is 0. The van der Waals surface area contributed by atoms with Crippen molar-refractivity contribution < 1.29 is 14.3 Å². The lowest BCUT2D eigenvalue weighted by atomic mass is 10.1. The second kappa shape index (κ2) is 8.35. The Hall–Kier alpha value is -1.79. The number of carbonyl (C=O) groups is 2. The Kier molecular flexibility index (Phi) is 6.45. The van der Waals surface area contributed by atoms with E-state index in [1.807, 2.05) is 24.3 Å². The summed E-state index contributed by atoms with van der Waals surface area (Å²) < 4.78 is 5.13. The Morgan fingerprint density at radius 2 is 2.12 bits per heavy atom. The molecule has 0 spiro atoms. The molecule has 2 atom stereocenters. The molecule has 2 aliphatic heterocycles. The highest BCUT2D eigenvalue weighted by atomic mass is 35.5. The quantitative estimate of drug-likeness (QED) is 0.838. The third-order valence-corrected chi connectivity index (χ3v) is 4.56. The largest absolute Gasteiger partial charge is 0.497 e. The molecular weight excluding hydrogens is 330 g/mol. The molecule has 1 aromatic rings. The van der Waals surface area contributed by atoms with Crippen LogP contribution in [0, 0.1) is 5.92 Å². The summed E-state index contributed by atoms with van der Waals surface area (Å²) in [5.41, 5.74) is 0.809. The van der Waals surface area contributed by atoms with Crippen molar-refractivity contribution in [1.29, 1.82) is 0 Å². The number of nitrogens with zero attached hydrogens (tertiary/aromatic N) is 1. The normalized spacial score (nSPS) is 23.0. The van der Waals surface area contributed by atoms with Crippen molar-refractivity contribution in [2.24, 2.45) is 5.92 Å². The molecule has 24 heavy (non-hydrogen) atoms. The molecule has 2 heterocycles. The number of hydrogen-bond donors (Lipinski definition) is 2. The highest BCUT2D eigenvalue weighted by Crippen LogP contribution is 2.26. The van der Waals surface area contributed by atoms with Crippen molar-refractivity contribution in [2.75, 3.05) is 31.6 Å². The fourth-order valence-electron chi connectivity index (χ4n) is 3.19. The zero-order valence-electron chi connectivity index (χ0n) is 13.8. The van der Waals surface area contributed by atoms with Crippen LogP contribution in [0.2, 0.25) is 0 Å². The van der Waals surface area contributed by atoms with E-state index in [2.05, 4.69) is 10.6 Å². The lowest BCUT2D eigenvalue weighted by Gasteiger charge is -2.17. The number of nitrogens with one attached hydrogen (secondary N) is 2. The molecule has 2 saturated heterocycles. The Bertz CT molecular complexity index is 573. The first-order chi connectivity index (χ1) is 11.2. The number of anilines is 1. The molecule has 7 heteroatoms. The van der Waals surface area contributed by atoms with Crippen molar-refractivity contribution in [3.05, 3.63) is 24.3 Å². The second-order valence-corrected chi connectivity index (χ2v) is 6.14. The summed E-state index contributed by atoms with van der Waals surface area (Å²) in [5, 5.41) is 6.33. The third kappa shape index (κ3) is 4.19. The van der Waals surface area contributed by atoms with Gasteiger partial charge in [-0.05, 0) is 43.7 Å². The summed E-state index contributed by atoms with van der Waals surface area (Å²) in [6, 6.07) is 7.71. The molecule has 2 unspecified atom stereocenters. The molecule has 2 amide bonds. The van der Waals surface area contributed by atoms with E-state index in [0.717, 1.165) is 30.8 Å². The summed E-state index contributed by atoms with van der Waals surface area (Å²) in [5.74, 6) is 0.446. The zero-order chi connectivity index (χ0) is 16.2. The smallest absolute Gasteiger partial charge is 0.227 e. The summed E-state index contributed by atoms with van der Waals surface area (Å²) in [7, 11) is 1.61. The van der Waals surface area contributed by atoms with Gasteiger partial charge in [-0.3, -0.25) is 9.59 Å². The topological polar surface area (TPSA) is 70.7 Å². The first-order valence-corrected chi connectivity index (χ1v) is 8.13. The van der Waals surface area contributed by atoms with E-state index in [9.17, 15) is 9.59 Å². The Labute approximate surface area is 148 Å². The number of amides is 2. The van der Waals surface area contributed by atoms with Crippen LogP contribution in [0.25, 0.3) is 0 Å². The number of rotatable bonds is 5. The Balaban J connectivity index is 0.00000208.